The van der Waals surface area contributed by atoms with Crippen molar-refractivity contribution in [2.24, 2.45) is 11.7 Å². The first-order valence-corrected chi connectivity index (χ1v) is 7.16. The molecule has 4 nitrogen and oxygen atoms in total. The molecule has 2 rings (SSSR count). The summed E-state index contributed by atoms with van der Waals surface area (Å²) in [5.41, 5.74) is 5.96. The first-order chi connectivity index (χ1) is 9.77. The van der Waals surface area contributed by atoms with Crippen molar-refractivity contribution in [3.63, 3.8) is 0 Å². The summed E-state index contributed by atoms with van der Waals surface area (Å²) in [6.45, 7) is 3.99. The second kappa shape index (κ2) is 5.98. The molecule has 0 saturated heterocycles. The number of nitrogens with one attached hydrogen (secondary N) is 1. The Hall–Kier alpha value is -1.67. The van der Waals surface area contributed by atoms with Gasteiger partial charge in [-0.3, -0.25) is 0 Å². The second-order valence-electron chi connectivity index (χ2n) is 4.90. The molecule has 21 heavy (non-hydrogen) atoms. The van der Waals surface area contributed by atoms with E-state index in [1.807, 2.05) is 19.2 Å². The molecular formula is C13H15F3N4S. The van der Waals surface area contributed by atoms with Crippen molar-refractivity contribution >= 4 is 22.3 Å². The lowest BCUT2D eigenvalue weighted by Gasteiger charge is -2.12. The first-order valence-electron chi connectivity index (χ1n) is 6.28. The molecule has 114 valence electrons. The van der Waals surface area contributed by atoms with Crippen LogP contribution >= 0.6 is 11.3 Å². The first kappa shape index (κ1) is 15.7. The number of aromatic nitrogens is 2. The van der Waals surface area contributed by atoms with Crippen molar-refractivity contribution in [3.8, 4) is 0 Å². The van der Waals surface area contributed by atoms with Gasteiger partial charge in [0.2, 0.25) is 0 Å². The molecule has 0 spiro atoms. The van der Waals surface area contributed by atoms with E-state index in [-0.39, 0.29) is 12.0 Å². The average molecular weight is 316 g/mol. The van der Waals surface area contributed by atoms with Gasteiger partial charge in [0.15, 0.2) is 5.13 Å². The van der Waals surface area contributed by atoms with Crippen LogP contribution in [0.4, 0.5) is 24.1 Å². The van der Waals surface area contributed by atoms with Crippen molar-refractivity contribution in [1.29, 1.82) is 0 Å². The van der Waals surface area contributed by atoms with Crippen molar-refractivity contribution in [2.45, 2.75) is 26.1 Å². The predicted molar refractivity (Wildman–Crippen MR) is 76.4 cm³/mol. The monoisotopic (exact) mass is 316 g/mol. The fourth-order valence-electron chi connectivity index (χ4n) is 1.58. The summed E-state index contributed by atoms with van der Waals surface area (Å²) in [6.07, 6.45) is -3.60. The highest BCUT2D eigenvalue weighted by atomic mass is 32.1. The molecule has 2 heterocycles. The molecule has 8 heteroatoms. The van der Waals surface area contributed by atoms with Crippen LogP contribution in [0, 0.1) is 5.92 Å². The van der Waals surface area contributed by atoms with Gasteiger partial charge < -0.3 is 11.1 Å². The van der Waals surface area contributed by atoms with Gasteiger partial charge in [0.25, 0.3) is 0 Å². The lowest BCUT2D eigenvalue weighted by Crippen LogP contribution is -2.16. The molecule has 2 aromatic heterocycles. The molecule has 2 aromatic rings. The van der Waals surface area contributed by atoms with E-state index < -0.39 is 11.7 Å². The highest BCUT2D eigenvalue weighted by molar-refractivity contribution is 7.13. The Balaban J connectivity index is 2.09. The largest absolute Gasteiger partial charge is 0.417 e. The van der Waals surface area contributed by atoms with Gasteiger partial charge in [-0.25, -0.2) is 9.97 Å². The van der Waals surface area contributed by atoms with E-state index in [0.717, 1.165) is 18.0 Å². The maximum Gasteiger partial charge on any atom is 0.417 e. The molecule has 0 aliphatic carbocycles. The Labute approximate surface area is 124 Å². The van der Waals surface area contributed by atoms with Crippen LogP contribution in [0.3, 0.4) is 0 Å². The van der Waals surface area contributed by atoms with Crippen LogP contribution in [0.1, 0.15) is 31.1 Å². The minimum absolute atomic E-state index is 0.169. The molecule has 0 radical (unpaired) electrons. The van der Waals surface area contributed by atoms with E-state index >= 15 is 0 Å². The summed E-state index contributed by atoms with van der Waals surface area (Å²) >= 11 is 1.34. The van der Waals surface area contributed by atoms with Crippen molar-refractivity contribution in [3.05, 3.63) is 35.0 Å². The van der Waals surface area contributed by atoms with E-state index in [4.69, 9.17) is 5.73 Å². The number of pyridine rings is 1. The number of hydrogen-bond donors (Lipinski definition) is 2. The fourth-order valence-corrected chi connectivity index (χ4v) is 2.35. The Morgan fingerprint density at radius 2 is 2.00 bits per heavy atom. The standard InChI is InChI=1S/C13H15F3N4S/c1-7(2)11(17)9-6-21-12(19-9)20-10-4-3-8(5-18-10)13(14,15)16/h3-7,11H,17H2,1-2H3,(H,18,19,20). The van der Waals surface area contributed by atoms with E-state index in [1.54, 1.807) is 0 Å². The SMILES string of the molecule is CC(C)C(N)c1csc(Nc2ccc(C(F)(F)F)cn2)n1. The number of thiazole rings is 1. The van der Waals surface area contributed by atoms with Gasteiger partial charge in [0, 0.05) is 11.6 Å². The second-order valence-corrected chi connectivity index (χ2v) is 5.76. The summed E-state index contributed by atoms with van der Waals surface area (Å²) in [7, 11) is 0. The van der Waals surface area contributed by atoms with Crippen LogP contribution < -0.4 is 11.1 Å². The Bertz CT molecular complexity index is 592. The lowest BCUT2D eigenvalue weighted by atomic mass is 10.0. The van der Waals surface area contributed by atoms with Crippen LogP contribution in [-0.2, 0) is 6.18 Å². The van der Waals surface area contributed by atoms with Gasteiger partial charge in [0.1, 0.15) is 5.82 Å². The van der Waals surface area contributed by atoms with Gasteiger partial charge in [0.05, 0.1) is 17.3 Å². The van der Waals surface area contributed by atoms with Crippen LogP contribution in [0.5, 0.6) is 0 Å². The van der Waals surface area contributed by atoms with Crippen LogP contribution in [0.2, 0.25) is 0 Å². The minimum Gasteiger partial charge on any atom is -0.322 e. The van der Waals surface area contributed by atoms with Crippen molar-refractivity contribution in [1.82, 2.24) is 9.97 Å². The zero-order valence-corrected chi connectivity index (χ0v) is 12.3. The normalized spacial score (nSPS) is 13.5. The third kappa shape index (κ3) is 3.92. The van der Waals surface area contributed by atoms with E-state index in [0.29, 0.717) is 10.9 Å². The number of hydrogen-bond acceptors (Lipinski definition) is 5. The third-order valence-corrected chi connectivity index (χ3v) is 3.68. The minimum atomic E-state index is -4.39. The molecular weight excluding hydrogens is 301 g/mol. The summed E-state index contributed by atoms with van der Waals surface area (Å²) in [6, 6.07) is 2.08. The molecule has 0 fully saturated rings. The fraction of sp³-hybridized carbons (Fsp3) is 0.385. The van der Waals surface area contributed by atoms with Crippen LogP contribution in [0.15, 0.2) is 23.7 Å². The van der Waals surface area contributed by atoms with Crippen molar-refractivity contribution in [2.75, 3.05) is 5.32 Å². The van der Waals surface area contributed by atoms with E-state index in [2.05, 4.69) is 15.3 Å². The molecule has 0 aromatic carbocycles. The van der Waals surface area contributed by atoms with Crippen molar-refractivity contribution < 1.29 is 13.2 Å². The highest BCUT2D eigenvalue weighted by Crippen LogP contribution is 2.30. The molecule has 1 atom stereocenters. The Kier molecular flexibility index (Phi) is 4.48. The topological polar surface area (TPSA) is 63.8 Å². The van der Waals surface area contributed by atoms with E-state index in [9.17, 15) is 13.2 Å². The van der Waals surface area contributed by atoms with E-state index in [1.165, 1.54) is 17.4 Å². The highest BCUT2D eigenvalue weighted by Gasteiger charge is 2.30. The predicted octanol–water partition coefficient (Wildman–Crippen LogP) is 3.96. The average Bonchev–Trinajstić information content (AvgIpc) is 2.85. The van der Waals surface area contributed by atoms with Gasteiger partial charge >= 0.3 is 6.18 Å². The number of nitrogens with zero attached hydrogens (tertiary/aromatic N) is 2. The Morgan fingerprint density at radius 1 is 1.29 bits per heavy atom. The quantitative estimate of drug-likeness (QED) is 0.896. The zero-order valence-electron chi connectivity index (χ0n) is 11.5. The molecule has 0 aliphatic heterocycles. The van der Waals surface area contributed by atoms with Gasteiger partial charge in [-0.05, 0) is 18.1 Å². The molecule has 0 saturated carbocycles. The summed E-state index contributed by atoms with van der Waals surface area (Å²) in [4.78, 5) is 8.05. The summed E-state index contributed by atoms with van der Waals surface area (Å²) in [5, 5.41) is 5.25. The molecule has 0 bridgehead atoms. The third-order valence-electron chi connectivity index (χ3n) is 2.91. The molecule has 3 N–H and O–H groups in total. The number of anilines is 2. The number of rotatable bonds is 4. The van der Waals surface area contributed by atoms with Gasteiger partial charge in [-0.1, -0.05) is 13.8 Å². The lowest BCUT2D eigenvalue weighted by molar-refractivity contribution is -0.137. The van der Waals surface area contributed by atoms with Gasteiger partial charge in [-0.15, -0.1) is 11.3 Å². The van der Waals surface area contributed by atoms with Gasteiger partial charge in [-0.2, -0.15) is 13.2 Å². The zero-order chi connectivity index (χ0) is 15.6. The number of halogens is 3. The van der Waals surface area contributed by atoms with Crippen LogP contribution in [-0.4, -0.2) is 9.97 Å². The smallest absolute Gasteiger partial charge is 0.322 e. The maximum atomic E-state index is 12.4. The molecule has 1 unspecified atom stereocenters. The molecule has 0 aliphatic rings. The van der Waals surface area contributed by atoms with Crippen LogP contribution in [0.25, 0.3) is 0 Å². The maximum absolute atomic E-state index is 12.4. The number of alkyl halides is 3. The summed E-state index contributed by atoms with van der Waals surface area (Å²) in [5.74, 6) is 0.561. The summed E-state index contributed by atoms with van der Waals surface area (Å²) < 4.78 is 37.3. The number of nitrogens with two attached hydrogens (primary N) is 1. The molecule has 0 amide bonds. The Morgan fingerprint density at radius 3 is 2.52 bits per heavy atom.